The summed E-state index contributed by atoms with van der Waals surface area (Å²) in [5.41, 5.74) is 3.50. The van der Waals surface area contributed by atoms with E-state index in [0.29, 0.717) is 35.6 Å². The van der Waals surface area contributed by atoms with Gasteiger partial charge in [0.05, 0.1) is 37.1 Å². The van der Waals surface area contributed by atoms with E-state index in [1.54, 1.807) is 49.5 Å². The van der Waals surface area contributed by atoms with Crippen molar-refractivity contribution in [1.29, 1.82) is 5.26 Å². The number of aromatic carboxylic acids is 1. The Kier molecular flexibility index (Phi) is 6.40. The molecule has 0 fully saturated rings. The van der Waals surface area contributed by atoms with Gasteiger partial charge in [0, 0.05) is 22.9 Å². The van der Waals surface area contributed by atoms with E-state index in [-0.39, 0.29) is 18.0 Å². The quantitative estimate of drug-likeness (QED) is 0.588. The molecule has 0 unspecified atom stereocenters. The Morgan fingerprint density at radius 3 is 2.68 bits per heavy atom. The Morgan fingerprint density at radius 1 is 1.12 bits per heavy atom. The second-order valence-electron chi connectivity index (χ2n) is 8.16. The van der Waals surface area contributed by atoms with Crippen LogP contribution in [0.2, 0.25) is 0 Å². The van der Waals surface area contributed by atoms with Crippen LogP contribution < -0.4 is 5.32 Å². The van der Waals surface area contributed by atoms with Gasteiger partial charge in [0.15, 0.2) is 0 Å². The average Bonchev–Trinajstić information content (AvgIpc) is 2.86. The molecular formula is C27H21N3O4. The van der Waals surface area contributed by atoms with Gasteiger partial charge in [0.2, 0.25) is 0 Å². The third-order valence-electron chi connectivity index (χ3n) is 5.57. The van der Waals surface area contributed by atoms with Crippen molar-refractivity contribution in [3.05, 3.63) is 99.9 Å². The molecule has 0 bridgehead atoms. The van der Waals surface area contributed by atoms with Gasteiger partial charge in [-0.05, 0) is 60.5 Å². The zero-order valence-corrected chi connectivity index (χ0v) is 18.5. The highest BCUT2D eigenvalue weighted by Gasteiger charge is 2.33. The zero-order valence-electron chi connectivity index (χ0n) is 18.5. The monoisotopic (exact) mass is 451 g/mol. The lowest BCUT2D eigenvalue weighted by molar-refractivity contribution is 0.0696. The summed E-state index contributed by atoms with van der Waals surface area (Å²) in [5.74, 6) is 4.68. The number of hydrogen-bond acceptors (Lipinski definition) is 5. The highest BCUT2D eigenvalue weighted by molar-refractivity contribution is 5.94. The van der Waals surface area contributed by atoms with Crippen molar-refractivity contribution in [2.75, 3.05) is 6.61 Å². The molecule has 3 aromatic rings. The molecular weight excluding hydrogens is 430 g/mol. The van der Waals surface area contributed by atoms with Crippen molar-refractivity contribution in [2.24, 2.45) is 0 Å². The molecule has 1 aliphatic heterocycles. The second kappa shape index (κ2) is 9.58. The van der Waals surface area contributed by atoms with Gasteiger partial charge in [-0.1, -0.05) is 24.0 Å². The predicted molar refractivity (Wildman–Crippen MR) is 124 cm³/mol. The number of hydrogen-bond donors (Lipinski definition) is 2. The van der Waals surface area contributed by atoms with Crippen molar-refractivity contribution >= 4 is 11.9 Å². The summed E-state index contributed by atoms with van der Waals surface area (Å²) in [6, 6.07) is 17.5. The van der Waals surface area contributed by atoms with E-state index in [0.717, 1.165) is 11.1 Å². The smallest absolute Gasteiger partial charge is 0.335 e. The number of nitrogens with zero attached hydrogens (tertiary/aromatic N) is 2. The molecule has 2 N–H and O–H groups in total. The van der Waals surface area contributed by atoms with E-state index in [9.17, 15) is 14.9 Å². The molecule has 4 rings (SSSR count). The number of amides is 1. The van der Waals surface area contributed by atoms with Crippen molar-refractivity contribution in [3.8, 4) is 17.9 Å². The minimum Gasteiger partial charge on any atom is -0.478 e. The molecule has 34 heavy (non-hydrogen) atoms. The predicted octanol–water partition coefficient (Wildman–Crippen LogP) is 3.42. The van der Waals surface area contributed by atoms with Gasteiger partial charge in [-0.25, -0.2) is 4.79 Å². The number of ether oxygens (including phenoxy) is 1. The third kappa shape index (κ3) is 4.96. The maximum Gasteiger partial charge on any atom is 0.335 e. The third-order valence-corrected chi connectivity index (χ3v) is 5.57. The Morgan fingerprint density at radius 2 is 1.91 bits per heavy atom. The van der Waals surface area contributed by atoms with Gasteiger partial charge >= 0.3 is 5.97 Å². The number of carboxylic acids is 1. The van der Waals surface area contributed by atoms with E-state index in [2.05, 4.69) is 28.2 Å². The summed E-state index contributed by atoms with van der Waals surface area (Å²) in [7, 11) is 0. The molecule has 1 aliphatic rings. The molecule has 0 spiro atoms. The minimum atomic E-state index is -1.00. The average molecular weight is 451 g/mol. The molecule has 1 amide bonds. The van der Waals surface area contributed by atoms with Crippen LogP contribution in [0.15, 0.2) is 60.8 Å². The van der Waals surface area contributed by atoms with Gasteiger partial charge in [-0.15, -0.1) is 0 Å². The molecule has 0 saturated heterocycles. The maximum absolute atomic E-state index is 12.8. The molecule has 1 aromatic heterocycles. The van der Waals surface area contributed by atoms with Crippen LogP contribution in [0.1, 0.15) is 55.6 Å². The molecule has 2 aromatic carbocycles. The Labute approximate surface area is 197 Å². The van der Waals surface area contributed by atoms with E-state index in [1.165, 1.54) is 12.1 Å². The number of rotatable bonds is 4. The van der Waals surface area contributed by atoms with Crippen molar-refractivity contribution in [3.63, 3.8) is 0 Å². The van der Waals surface area contributed by atoms with Gasteiger partial charge in [0.1, 0.15) is 5.41 Å². The van der Waals surface area contributed by atoms with E-state index >= 15 is 0 Å². The highest BCUT2D eigenvalue weighted by atomic mass is 16.5. The number of fused-ring (bicyclic) bond motifs is 1. The molecule has 0 aliphatic carbocycles. The second-order valence-corrected chi connectivity index (χ2v) is 8.16. The Balaban J connectivity index is 1.46. The Hall–Kier alpha value is -4.46. The first-order chi connectivity index (χ1) is 16.4. The first-order valence-corrected chi connectivity index (χ1v) is 10.6. The number of nitriles is 1. The summed E-state index contributed by atoms with van der Waals surface area (Å²) >= 11 is 0. The Bertz CT molecular complexity index is 1380. The van der Waals surface area contributed by atoms with Gasteiger partial charge in [-0.2, -0.15) is 5.26 Å². The van der Waals surface area contributed by atoms with E-state index in [1.807, 2.05) is 6.07 Å². The molecule has 2 heterocycles. The fourth-order valence-electron chi connectivity index (χ4n) is 3.69. The summed E-state index contributed by atoms with van der Waals surface area (Å²) in [5, 5.41) is 21.5. The molecule has 0 radical (unpaired) electrons. The SMILES string of the molecule is C[C@@]1(C#N)COCc2ccc(C(=O)NCc3cc(C#Cc4cccc(C(=O)O)c4)ccn3)cc21. The van der Waals surface area contributed by atoms with Crippen LogP contribution in [0.3, 0.4) is 0 Å². The number of benzene rings is 2. The van der Waals surface area contributed by atoms with Gasteiger partial charge in [-0.3, -0.25) is 9.78 Å². The number of pyridine rings is 1. The van der Waals surface area contributed by atoms with Gasteiger partial charge < -0.3 is 15.2 Å². The molecule has 7 nitrogen and oxygen atoms in total. The molecule has 7 heteroatoms. The van der Waals surface area contributed by atoms with Crippen molar-refractivity contribution in [1.82, 2.24) is 10.3 Å². The van der Waals surface area contributed by atoms with Crippen LogP contribution >= 0.6 is 0 Å². The number of carboxylic acid groups (broad SMARTS) is 1. The maximum atomic E-state index is 12.8. The van der Waals surface area contributed by atoms with Crippen LogP contribution in [0, 0.1) is 23.2 Å². The topological polar surface area (TPSA) is 112 Å². The van der Waals surface area contributed by atoms with Gasteiger partial charge in [0.25, 0.3) is 5.91 Å². The van der Waals surface area contributed by atoms with Crippen LogP contribution in [0.25, 0.3) is 0 Å². The number of carbonyl (C=O) groups is 2. The minimum absolute atomic E-state index is 0.176. The van der Waals surface area contributed by atoms with Crippen LogP contribution in [0.4, 0.5) is 0 Å². The number of carbonyl (C=O) groups excluding carboxylic acids is 1. The molecule has 168 valence electrons. The first-order valence-electron chi connectivity index (χ1n) is 10.6. The van der Waals surface area contributed by atoms with Crippen molar-refractivity contribution in [2.45, 2.75) is 25.5 Å². The van der Waals surface area contributed by atoms with Crippen LogP contribution in [-0.4, -0.2) is 28.6 Å². The highest BCUT2D eigenvalue weighted by Crippen LogP contribution is 2.32. The van der Waals surface area contributed by atoms with Crippen molar-refractivity contribution < 1.29 is 19.4 Å². The largest absolute Gasteiger partial charge is 0.478 e. The standard InChI is InChI=1S/C27H21N3O4/c1-27(16-28)17-34-15-22-8-7-20(13-24(22)27)25(31)30-14-23-12-19(9-10-29-23)6-5-18-3-2-4-21(11-18)26(32)33/h2-4,7-13H,14-15,17H2,1H3,(H,30,31)(H,32,33)/t27-/m1/s1. The summed E-state index contributed by atoms with van der Waals surface area (Å²) in [6.07, 6.45) is 1.61. The normalized spacial score (nSPS) is 16.4. The molecule has 0 saturated carbocycles. The fraction of sp³-hybridized carbons (Fsp3) is 0.185. The van der Waals surface area contributed by atoms with Crippen LogP contribution in [-0.2, 0) is 23.3 Å². The van der Waals surface area contributed by atoms with Crippen LogP contribution in [0.5, 0.6) is 0 Å². The fourth-order valence-corrected chi connectivity index (χ4v) is 3.69. The lowest BCUT2D eigenvalue weighted by Gasteiger charge is -2.30. The zero-order chi connectivity index (χ0) is 24.1. The number of aromatic nitrogens is 1. The summed E-state index contributed by atoms with van der Waals surface area (Å²) in [6.45, 7) is 2.73. The lowest BCUT2D eigenvalue weighted by atomic mass is 9.79. The van der Waals surface area contributed by atoms with E-state index in [4.69, 9.17) is 9.84 Å². The first kappa shape index (κ1) is 22.7. The summed E-state index contributed by atoms with van der Waals surface area (Å²) < 4.78 is 5.52. The molecule has 1 atom stereocenters. The lowest BCUT2D eigenvalue weighted by Crippen LogP contribution is -2.33. The number of nitrogens with one attached hydrogen (secondary N) is 1. The van der Waals surface area contributed by atoms with E-state index < -0.39 is 11.4 Å². The summed E-state index contributed by atoms with van der Waals surface area (Å²) in [4.78, 5) is 28.1.